The molecule has 29 heavy (non-hydrogen) atoms. The second kappa shape index (κ2) is 9.91. The Morgan fingerprint density at radius 3 is 2.31 bits per heavy atom. The highest BCUT2D eigenvalue weighted by atomic mass is 32.2. The van der Waals surface area contributed by atoms with Gasteiger partial charge in [0.25, 0.3) is 0 Å². The number of likely N-dealkylation sites (N-methyl/N-ethyl adjacent to an activating group) is 1. The molecule has 7 nitrogen and oxygen atoms in total. The number of piperidine rings is 1. The normalized spacial score (nSPS) is 19.4. The monoisotopic (exact) mass is 423 g/mol. The Morgan fingerprint density at radius 1 is 1.10 bits per heavy atom. The van der Waals surface area contributed by atoms with E-state index < -0.39 is 10.0 Å². The van der Waals surface area contributed by atoms with Gasteiger partial charge in [-0.1, -0.05) is 0 Å². The van der Waals surface area contributed by atoms with Crippen molar-refractivity contribution < 1.29 is 17.9 Å². The molecule has 2 aliphatic heterocycles. The van der Waals surface area contributed by atoms with Crippen LogP contribution < -0.4 is 4.74 Å². The van der Waals surface area contributed by atoms with Crippen molar-refractivity contribution >= 4 is 15.9 Å². The van der Waals surface area contributed by atoms with E-state index in [1.54, 1.807) is 24.3 Å². The summed E-state index contributed by atoms with van der Waals surface area (Å²) in [6, 6.07) is 6.54. The molecule has 0 N–H and O–H groups in total. The number of ether oxygens (including phenoxy) is 1. The Morgan fingerprint density at radius 2 is 1.72 bits per heavy atom. The fourth-order valence-corrected chi connectivity index (χ4v) is 5.56. The van der Waals surface area contributed by atoms with Crippen molar-refractivity contribution in [3.05, 3.63) is 24.3 Å². The smallest absolute Gasteiger partial charge is 0.243 e. The first kappa shape index (κ1) is 22.1. The van der Waals surface area contributed by atoms with Crippen molar-refractivity contribution in [2.24, 2.45) is 5.92 Å². The molecule has 0 aromatic heterocycles. The minimum Gasteiger partial charge on any atom is -0.494 e. The Labute approximate surface area is 174 Å². The summed E-state index contributed by atoms with van der Waals surface area (Å²) < 4.78 is 32.7. The first-order valence-corrected chi connectivity index (χ1v) is 12.1. The van der Waals surface area contributed by atoms with Gasteiger partial charge in [-0.15, -0.1) is 0 Å². The number of hydrogen-bond donors (Lipinski definition) is 0. The molecule has 0 atom stereocenters. The summed E-state index contributed by atoms with van der Waals surface area (Å²) >= 11 is 0. The van der Waals surface area contributed by atoms with Gasteiger partial charge in [0, 0.05) is 39.1 Å². The minimum atomic E-state index is -3.54. The molecule has 162 valence electrons. The fourth-order valence-electron chi connectivity index (χ4n) is 4.09. The zero-order chi connectivity index (χ0) is 20.9. The maximum Gasteiger partial charge on any atom is 0.243 e. The zero-order valence-corrected chi connectivity index (χ0v) is 18.4. The molecule has 2 heterocycles. The predicted octanol–water partition coefficient (Wildman–Crippen LogP) is 2.04. The Balaban J connectivity index is 1.51. The van der Waals surface area contributed by atoms with Gasteiger partial charge in [0.15, 0.2) is 0 Å². The van der Waals surface area contributed by atoms with E-state index in [2.05, 4.69) is 4.90 Å². The van der Waals surface area contributed by atoms with Crippen molar-refractivity contribution in [2.45, 2.75) is 37.5 Å². The lowest BCUT2D eigenvalue weighted by molar-refractivity contribution is -0.135. The van der Waals surface area contributed by atoms with Crippen LogP contribution in [0.3, 0.4) is 0 Å². The molecule has 1 aromatic rings. The average molecular weight is 424 g/mol. The SMILES string of the molecule is CCOc1ccc(S(=O)(=O)N2CCC(C(=O)N(C)CCN3CCCC3)CC2)cc1. The molecule has 3 rings (SSSR count). The van der Waals surface area contributed by atoms with Gasteiger partial charge in [0.05, 0.1) is 11.5 Å². The highest BCUT2D eigenvalue weighted by molar-refractivity contribution is 7.89. The van der Waals surface area contributed by atoms with Crippen LogP contribution in [0, 0.1) is 5.92 Å². The summed E-state index contributed by atoms with van der Waals surface area (Å²) in [4.78, 5) is 17.2. The molecule has 0 radical (unpaired) electrons. The van der Waals surface area contributed by atoms with Crippen molar-refractivity contribution in [1.29, 1.82) is 0 Å². The quantitative estimate of drug-likeness (QED) is 0.640. The van der Waals surface area contributed by atoms with Crippen molar-refractivity contribution in [3.63, 3.8) is 0 Å². The predicted molar refractivity (Wildman–Crippen MR) is 112 cm³/mol. The van der Waals surface area contributed by atoms with Crippen LogP contribution >= 0.6 is 0 Å². The minimum absolute atomic E-state index is 0.0923. The maximum absolute atomic E-state index is 12.9. The lowest BCUT2D eigenvalue weighted by Gasteiger charge is -2.33. The number of amides is 1. The summed E-state index contributed by atoms with van der Waals surface area (Å²) in [7, 11) is -1.68. The largest absolute Gasteiger partial charge is 0.494 e. The average Bonchev–Trinajstić information content (AvgIpc) is 3.26. The van der Waals surface area contributed by atoms with Crippen LogP contribution in [0.1, 0.15) is 32.6 Å². The van der Waals surface area contributed by atoms with Gasteiger partial charge in [-0.25, -0.2) is 8.42 Å². The summed E-state index contributed by atoms with van der Waals surface area (Å²) in [5, 5.41) is 0. The third-order valence-corrected chi connectivity index (χ3v) is 7.82. The van der Waals surface area contributed by atoms with Crippen molar-refractivity contribution in [3.8, 4) is 5.75 Å². The summed E-state index contributed by atoms with van der Waals surface area (Å²) in [5.41, 5.74) is 0. The van der Waals surface area contributed by atoms with Crippen molar-refractivity contribution in [2.75, 3.05) is 52.9 Å². The lowest BCUT2D eigenvalue weighted by Crippen LogP contribution is -2.44. The number of hydrogen-bond acceptors (Lipinski definition) is 5. The molecule has 2 aliphatic rings. The highest BCUT2D eigenvalue weighted by Gasteiger charge is 2.33. The number of carbonyl (C=O) groups excluding carboxylic acids is 1. The van der Waals surface area contributed by atoms with E-state index in [-0.39, 0.29) is 16.7 Å². The zero-order valence-electron chi connectivity index (χ0n) is 17.5. The Bertz CT molecular complexity index is 768. The number of sulfonamides is 1. The van der Waals surface area contributed by atoms with Crippen LogP contribution in [-0.4, -0.2) is 81.4 Å². The number of rotatable bonds is 8. The van der Waals surface area contributed by atoms with Crippen LogP contribution in [0.25, 0.3) is 0 Å². The molecular weight excluding hydrogens is 390 g/mol. The van der Waals surface area contributed by atoms with Gasteiger partial charge < -0.3 is 14.5 Å². The fraction of sp³-hybridized carbons (Fsp3) is 0.667. The van der Waals surface area contributed by atoms with E-state index in [0.717, 1.165) is 26.2 Å². The second-order valence-corrected chi connectivity index (χ2v) is 9.83. The third-order valence-electron chi connectivity index (χ3n) is 5.90. The van der Waals surface area contributed by atoms with Gasteiger partial charge in [-0.05, 0) is 70.0 Å². The molecule has 1 aromatic carbocycles. The third kappa shape index (κ3) is 5.49. The van der Waals surface area contributed by atoms with Crippen LogP contribution in [0.5, 0.6) is 5.75 Å². The highest BCUT2D eigenvalue weighted by Crippen LogP contribution is 2.26. The number of likely N-dealkylation sites (tertiary alicyclic amines) is 1. The standard InChI is InChI=1S/C21H33N3O4S/c1-3-28-19-6-8-20(9-7-19)29(26,27)24-14-10-18(11-15-24)21(25)22(2)16-17-23-12-4-5-13-23/h6-9,18H,3-5,10-17H2,1-2H3. The van der Waals surface area contributed by atoms with Gasteiger partial charge in [-0.3, -0.25) is 4.79 Å². The summed E-state index contributed by atoms with van der Waals surface area (Å²) in [5.74, 6) is 0.709. The molecule has 2 fully saturated rings. The maximum atomic E-state index is 12.9. The van der Waals surface area contributed by atoms with Gasteiger partial charge >= 0.3 is 0 Å². The van der Waals surface area contributed by atoms with E-state index in [1.165, 1.54) is 17.1 Å². The Kier molecular flexibility index (Phi) is 7.54. The molecule has 1 amide bonds. The van der Waals surface area contributed by atoms with Crippen LogP contribution in [-0.2, 0) is 14.8 Å². The van der Waals surface area contributed by atoms with E-state index in [0.29, 0.717) is 38.3 Å². The topological polar surface area (TPSA) is 70.2 Å². The molecule has 0 unspecified atom stereocenters. The molecule has 0 bridgehead atoms. The van der Waals surface area contributed by atoms with Crippen LogP contribution in [0.4, 0.5) is 0 Å². The number of carbonyl (C=O) groups is 1. The van der Waals surface area contributed by atoms with Gasteiger partial charge in [0.2, 0.25) is 15.9 Å². The van der Waals surface area contributed by atoms with Crippen molar-refractivity contribution in [1.82, 2.24) is 14.1 Å². The second-order valence-electron chi connectivity index (χ2n) is 7.89. The first-order chi connectivity index (χ1) is 13.9. The van der Waals surface area contributed by atoms with E-state index in [9.17, 15) is 13.2 Å². The molecule has 0 aliphatic carbocycles. The Hall–Kier alpha value is -1.64. The van der Waals surface area contributed by atoms with E-state index >= 15 is 0 Å². The molecule has 0 saturated carbocycles. The summed E-state index contributed by atoms with van der Waals surface area (Å²) in [6.45, 7) is 7.11. The van der Waals surface area contributed by atoms with Gasteiger partial charge in [0.1, 0.15) is 5.75 Å². The lowest BCUT2D eigenvalue weighted by atomic mass is 9.97. The van der Waals surface area contributed by atoms with Crippen LogP contribution in [0.15, 0.2) is 29.2 Å². The van der Waals surface area contributed by atoms with E-state index in [4.69, 9.17) is 4.74 Å². The number of benzene rings is 1. The molecule has 8 heteroatoms. The molecule has 2 saturated heterocycles. The first-order valence-electron chi connectivity index (χ1n) is 10.6. The van der Waals surface area contributed by atoms with E-state index in [1.807, 2.05) is 18.9 Å². The summed E-state index contributed by atoms with van der Waals surface area (Å²) in [6.07, 6.45) is 3.64. The number of nitrogens with zero attached hydrogens (tertiary/aromatic N) is 3. The molecular formula is C21H33N3O4S. The van der Waals surface area contributed by atoms with Crippen LogP contribution in [0.2, 0.25) is 0 Å². The molecule has 0 spiro atoms. The van der Waals surface area contributed by atoms with Gasteiger partial charge in [-0.2, -0.15) is 4.31 Å².